The zero-order chi connectivity index (χ0) is 17.3. The molecule has 3 aromatic rings. The van der Waals surface area contributed by atoms with E-state index in [1.54, 1.807) is 24.3 Å². The van der Waals surface area contributed by atoms with E-state index in [0.29, 0.717) is 22.3 Å². The first-order chi connectivity index (χ1) is 11.4. The Labute approximate surface area is 143 Å². The third-order valence-corrected chi connectivity index (χ3v) is 3.94. The SMILES string of the molecule is Cc1ccc(S)cc1NC(=O)Cn1cnc2cc(N)ccc2c1=O. The maximum absolute atomic E-state index is 12.4. The standard InChI is InChI=1S/C17H16N4O2S/c1-10-2-4-12(24)7-14(10)20-16(22)8-21-9-19-15-6-11(18)3-5-13(15)17(21)23/h2-7,9,24H,8,18H2,1H3,(H,20,22). The number of thiol groups is 1. The van der Waals surface area contributed by atoms with Gasteiger partial charge in [0.15, 0.2) is 0 Å². The van der Waals surface area contributed by atoms with Gasteiger partial charge in [-0.15, -0.1) is 12.6 Å². The zero-order valence-corrected chi connectivity index (χ0v) is 13.9. The smallest absolute Gasteiger partial charge is 0.261 e. The van der Waals surface area contributed by atoms with E-state index in [4.69, 9.17) is 5.73 Å². The fourth-order valence-corrected chi connectivity index (χ4v) is 2.58. The number of nitrogen functional groups attached to an aromatic ring is 1. The van der Waals surface area contributed by atoms with Crippen molar-refractivity contribution >= 4 is 40.8 Å². The van der Waals surface area contributed by atoms with Gasteiger partial charge in [-0.05, 0) is 42.8 Å². The molecular formula is C17H16N4O2S. The summed E-state index contributed by atoms with van der Waals surface area (Å²) >= 11 is 4.26. The van der Waals surface area contributed by atoms with E-state index in [1.807, 2.05) is 19.1 Å². The Morgan fingerprint density at radius 2 is 2.08 bits per heavy atom. The molecule has 0 aliphatic carbocycles. The first-order valence-corrected chi connectivity index (χ1v) is 7.73. The molecule has 1 heterocycles. The van der Waals surface area contributed by atoms with Crippen molar-refractivity contribution in [2.75, 3.05) is 11.1 Å². The number of nitrogens with one attached hydrogen (secondary N) is 1. The molecule has 3 rings (SSSR count). The van der Waals surface area contributed by atoms with Crippen LogP contribution in [0.3, 0.4) is 0 Å². The molecule has 2 aromatic carbocycles. The molecule has 1 aromatic heterocycles. The summed E-state index contributed by atoms with van der Waals surface area (Å²) in [5.41, 5.74) is 8.03. The van der Waals surface area contributed by atoms with Crippen molar-refractivity contribution in [3.63, 3.8) is 0 Å². The highest BCUT2D eigenvalue weighted by Crippen LogP contribution is 2.19. The third kappa shape index (κ3) is 3.26. The average Bonchev–Trinajstić information content (AvgIpc) is 2.53. The fourth-order valence-electron chi connectivity index (χ4n) is 2.38. The highest BCUT2D eigenvalue weighted by molar-refractivity contribution is 7.80. The maximum Gasteiger partial charge on any atom is 0.261 e. The summed E-state index contributed by atoms with van der Waals surface area (Å²) < 4.78 is 1.27. The summed E-state index contributed by atoms with van der Waals surface area (Å²) in [5.74, 6) is -0.310. The second kappa shape index (κ2) is 6.37. The number of fused-ring (bicyclic) bond motifs is 1. The van der Waals surface area contributed by atoms with Gasteiger partial charge in [0.1, 0.15) is 6.54 Å². The minimum atomic E-state index is -0.310. The lowest BCUT2D eigenvalue weighted by Gasteiger charge is -2.10. The van der Waals surface area contributed by atoms with E-state index in [0.717, 1.165) is 10.5 Å². The number of aromatic nitrogens is 2. The molecule has 0 atom stereocenters. The van der Waals surface area contributed by atoms with Crippen LogP contribution in [0.15, 0.2) is 52.4 Å². The zero-order valence-electron chi connectivity index (χ0n) is 13.0. The largest absolute Gasteiger partial charge is 0.399 e. The van der Waals surface area contributed by atoms with E-state index in [9.17, 15) is 9.59 Å². The molecule has 0 spiro atoms. The Bertz CT molecular complexity index is 998. The van der Waals surface area contributed by atoms with Crippen LogP contribution in [0.1, 0.15) is 5.56 Å². The molecule has 24 heavy (non-hydrogen) atoms. The van der Waals surface area contributed by atoms with Crippen LogP contribution in [-0.2, 0) is 11.3 Å². The van der Waals surface area contributed by atoms with E-state index in [2.05, 4.69) is 22.9 Å². The number of carbonyl (C=O) groups is 1. The molecule has 0 aliphatic heterocycles. The van der Waals surface area contributed by atoms with Crippen LogP contribution >= 0.6 is 12.6 Å². The number of nitrogens with zero attached hydrogens (tertiary/aromatic N) is 2. The second-order valence-electron chi connectivity index (χ2n) is 5.50. The molecule has 1 amide bonds. The van der Waals surface area contributed by atoms with E-state index in [-0.39, 0.29) is 18.0 Å². The summed E-state index contributed by atoms with van der Waals surface area (Å²) in [6, 6.07) is 10.4. The minimum absolute atomic E-state index is 0.123. The van der Waals surface area contributed by atoms with Gasteiger partial charge in [0.05, 0.1) is 17.2 Å². The van der Waals surface area contributed by atoms with Crippen molar-refractivity contribution in [1.82, 2.24) is 9.55 Å². The molecule has 0 unspecified atom stereocenters. The summed E-state index contributed by atoms with van der Waals surface area (Å²) in [5, 5.41) is 3.21. The normalized spacial score (nSPS) is 10.8. The van der Waals surface area contributed by atoms with Gasteiger partial charge in [0.2, 0.25) is 5.91 Å². The van der Waals surface area contributed by atoms with E-state index < -0.39 is 0 Å². The number of nitrogens with two attached hydrogens (primary N) is 1. The second-order valence-corrected chi connectivity index (χ2v) is 6.02. The molecule has 122 valence electrons. The molecule has 3 N–H and O–H groups in total. The van der Waals surface area contributed by atoms with Crippen molar-refractivity contribution in [1.29, 1.82) is 0 Å². The van der Waals surface area contributed by atoms with Crippen molar-refractivity contribution < 1.29 is 4.79 Å². The molecule has 7 heteroatoms. The van der Waals surface area contributed by atoms with Gasteiger partial charge < -0.3 is 11.1 Å². The lowest BCUT2D eigenvalue weighted by Crippen LogP contribution is -2.28. The molecule has 0 radical (unpaired) electrons. The summed E-state index contributed by atoms with van der Waals surface area (Å²) in [6.45, 7) is 1.76. The van der Waals surface area contributed by atoms with Crippen LogP contribution in [0.5, 0.6) is 0 Å². The van der Waals surface area contributed by atoms with Crippen LogP contribution in [0, 0.1) is 6.92 Å². The Hall–Kier alpha value is -2.80. The van der Waals surface area contributed by atoms with Crippen molar-refractivity contribution in [3.05, 3.63) is 58.6 Å². The summed E-state index contributed by atoms with van der Waals surface area (Å²) in [6.07, 6.45) is 1.35. The Balaban J connectivity index is 1.85. The fraction of sp³-hybridized carbons (Fsp3) is 0.118. The Morgan fingerprint density at radius 1 is 1.29 bits per heavy atom. The maximum atomic E-state index is 12.4. The molecule has 0 bridgehead atoms. The van der Waals surface area contributed by atoms with Crippen molar-refractivity contribution in [3.8, 4) is 0 Å². The molecule has 0 saturated carbocycles. The van der Waals surface area contributed by atoms with Crippen molar-refractivity contribution in [2.45, 2.75) is 18.4 Å². The Kier molecular flexibility index (Phi) is 4.26. The molecule has 6 nitrogen and oxygen atoms in total. The average molecular weight is 340 g/mol. The molecule has 0 fully saturated rings. The number of anilines is 2. The highest BCUT2D eigenvalue weighted by Gasteiger charge is 2.10. The minimum Gasteiger partial charge on any atom is -0.399 e. The van der Waals surface area contributed by atoms with Gasteiger partial charge in [0.25, 0.3) is 5.56 Å². The first-order valence-electron chi connectivity index (χ1n) is 7.28. The summed E-state index contributed by atoms with van der Waals surface area (Å²) in [4.78, 5) is 29.6. The number of aryl methyl sites for hydroxylation is 1. The van der Waals surface area contributed by atoms with Crippen LogP contribution in [0.25, 0.3) is 10.9 Å². The quantitative estimate of drug-likeness (QED) is 0.504. The van der Waals surface area contributed by atoms with E-state index in [1.165, 1.54) is 10.9 Å². The number of hydrogen-bond donors (Lipinski definition) is 3. The number of benzene rings is 2. The van der Waals surface area contributed by atoms with Gasteiger partial charge in [0, 0.05) is 16.3 Å². The molecule has 0 saturated heterocycles. The summed E-state index contributed by atoms with van der Waals surface area (Å²) in [7, 11) is 0. The van der Waals surface area contributed by atoms with Crippen LogP contribution in [0.2, 0.25) is 0 Å². The number of hydrogen-bond acceptors (Lipinski definition) is 5. The monoisotopic (exact) mass is 340 g/mol. The number of amides is 1. The van der Waals surface area contributed by atoms with Gasteiger partial charge in [-0.3, -0.25) is 14.2 Å². The van der Waals surface area contributed by atoms with E-state index >= 15 is 0 Å². The van der Waals surface area contributed by atoms with Crippen LogP contribution < -0.4 is 16.6 Å². The lowest BCUT2D eigenvalue weighted by molar-refractivity contribution is -0.116. The lowest BCUT2D eigenvalue weighted by atomic mass is 10.2. The highest BCUT2D eigenvalue weighted by atomic mass is 32.1. The number of rotatable bonds is 3. The van der Waals surface area contributed by atoms with Gasteiger partial charge >= 0.3 is 0 Å². The third-order valence-electron chi connectivity index (χ3n) is 3.66. The van der Waals surface area contributed by atoms with Gasteiger partial charge in [-0.2, -0.15) is 0 Å². The molecule has 0 aliphatic rings. The van der Waals surface area contributed by atoms with Gasteiger partial charge in [-0.25, -0.2) is 4.98 Å². The topological polar surface area (TPSA) is 90.0 Å². The van der Waals surface area contributed by atoms with Crippen LogP contribution in [-0.4, -0.2) is 15.5 Å². The molecular weight excluding hydrogens is 324 g/mol. The predicted molar refractivity (Wildman–Crippen MR) is 97.5 cm³/mol. The van der Waals surface area contributed by atoms with Crippen LogP contribution in [0.4, 0.5) is 11.4 Å². The van der Waals surface area contributed by atoms with Gasteiger partial charge in [-0.1, -0.05) is 6.07 Å². The number of carbonyl (C=O) groups excluding carboxylic acids is 1. The first kappa shape index (κ1) is 16.1. The predicted octanol–water partition coefficient (Wildman–Crippen LogP) is 2.21. The van der Waals surface area contributed by atoms with Crippen molar-refractivity contribution in [2.24, 2.45) is 0 Å². The Morgan fingerprint density at radius 3 is 2.88 bits per heavy atom.